The fraction of sp³-hybridized carbons (Fsp3) is 0.943. The predicted molar refractivity (Wildman–Crippen MR) is 169 cm³/mol. The molecule has 0 aliphatic rings. The van der Waals surface area contributed by atoms with Crippen molar-refractivity contribution in [2.45, 2.75) is 193 Å². The third kappa shape index (κ3) is 22.6. The van der Waals surface area contributed by atoms with Crippen LogP contribution in [-0.4, -0.2) is 54.4 Å². The van der Waals surface area contributed by atoms with E-state index in [-0.39, 0.29) is 16.0 Å². The van der Waals surface area contributed by atoms with Gasteiger partial charge in [0.2, 0.25) is 11.8 Å². The van der Waals surface area contributed by atoms with Crippen molar-refractivity contribution in [3.8, 4) is 0 Å². The first kappa shape index (κ1) is 38.3. The van der Waals surface area contributed by atoms with Crippen molar-refractivity contribution in [1.82, 2.24) is 0 Å². The average Bonchev–Trinajstić information content (AvgIpc) is 2.89. The second-order valence-corrected chi connectivity index (χ2v) is 13.2. The van der Waals surface area contributed by atoms with Crippen molar-refractivity contribution in [1.29, 1.82) is 0 Å². The van der Waals surface area contributed by atoms with Crippen molar-refractivity contribution < 1.29 is 19.2 Å². The summed E-state index contributed by atoms with van der Waals surface area (Å²) in [5, 5.41) is 10.6. The summed E-state index contributed by atoms with van der Waals surface area (Å²) < 4.78 is 0.269. The maximum Gasteiger partial charge on any atom is 0.226 e. The maximum atomic E-state index is 13.1. The van der Waals surface area contributed by atoms with Gasteiger partial charge in [-0.15, -0.1) is 0 Å². The molecule has 2 unspecified atom stereocenters. The molecule has 0 aromatic heterocycles. The minimum Gasteiger partial charge on any atom is -0.385 e. The fourth-order valence-electron chi connectivity index (χ4n) is 5.75. The van der Waals surface area contributed by atoms with Gasteiger partial charge in [0, 0.05) is 6.42 Å². The average molecular weight is 553 g/mol. The van der Waals surface area contributed by atoms with Crippen LogP contribution in [0.4, 0.5) is 0 Å². The highest BCUT2D eigenvalue weighted by Gasteiger charge is 2.40. The van der Waals surface area contributed by atoms with Gasteiger partial charge in [-0.3, -0.25) is 9.59 Å². The number of nitrogens with zero attached hydrogens (tertiary/aromatic N) is 1. The van der Waals surface area contributed by atoms with Gasteiger partial charge >= 0.3 is 0 Å². The van der Waals surface area contributed by atoms with Gasteiger partial charge in [-0.2, -0.15) is 0 Å². The summed E-state index contributed by atoms with van der Waals surface area (Å²) >= 11 is 0. The normalized spacial score (nSPS) is 13.5. The number of rotatable bonds is 30. The SMILES string of the molecule is CCCCCCCCCCCCCCCC(O)C(=O)C(C(=O)CCCCCCCCCCCCC)[N+](C)(C)C. The molecule has 4 heteroatoms. The number of hydrogen-bond acceptors (Lipinski definition) is 3. The largest absolute Gasteiger partial charge is 0.385 e. The maximum absolute atomic E-state index is 13.1. The summed E-state index contributed by atoms with van der Waals surface area (Å²) in [7, 11) is 5.71. The molecule has 2 atom stereocenters. The van der Waals surface area contributed by atoms with Crippen LogP contribution in [0.3, 0.4) is 0 Å². The summed E-state index contributed by atoms with van der Waals surface area (Å²) in [4.78, 5) is 26.1. The Labute approximate surface area is 244 Å². The molecule has 0 aliphatic heterocycles. The number of likely N-dealkylation sites (N-methyl/N-ethyl adjacent to an activating group) is 1. The molecule has 0 aliphatic carbocycles. The van der Waals surface area contributed by atoms with E-state index in [1.54, 1.807) is 0 Å². The summed E-state index contributed by atoms with van der Waals surface area (Å²) in [6.07, 6.45) is 30.3. The fourth-order valence-corrected chi connectivity index (χ4v) is 5.75. The molecule has 0 spiro atoms. The van der Waals surface area contributed by atoms with Gasteiger partial charge in [-0.1, -0.05) is 162 Å². The van der Waals surface area contributed by atoms with Crippen LogP contribution < -0.4 is 0 Å². The van der Waals surface area contributed by atoms with Crippen LogP contribution in [0.5, 0.6) is 0 Å². The van der Waals surface area contributed by atoms with Gasteiger partial charge in [0.1, 0.15) is 6.10 Å². The van der Waals surface area contributed by atoms with E-state index < -0.39 is 12.1 Å². The second kappa shape index (κ2) is 26.2. The first-order valence-electron chi connectivity index (χ1n) is 17.3. The molecule has 0 aromatic carbocycles. The molecule has 0 rings (SSSR count). The molecule has 0 amide bonds. The van der Waals surface area contributed by atoms with Gasteiger partial charge in [0.25, 0.3) is 0 Å². The van der Waals surface area contributed by atoms with Gasteiger partial charge in [0.15, 0.2) is 5.78 Å². The molecule has 0 radical (unpaired) electrons. The number of hydrogen-bond donors (Lipinski definition) is 1. The van der Waals surface area contributed by atoms with E-state index in [1.807, 2.05) is 21.1 Å². The zero-order valence-corrected chi connectivity index (χ0v) is 27.3. The lowest BCUT2D eigenvalue weighted by molar-refractivity contribution is -0.877. The summed E-state index contributed by atoms with van der Waals surface area (Å²) in [6, 6.07) is -0.745. The number of quaternary nitrogens is 1. The molecule has 0 heterocycles. The Morgan fingerprint density at radius 2 is 0.821 bits per heavy atom. The molecule has 4 nitrogen and oxygen atoms in total. The molecule has 0 saturated carbocycles. The lowest BCUT2D eigenvalue weighted by Crippen LogP contribution is -2.57. The second-order valence-electron chi connectivity index (χ2n) is 13.2. The Balaban J connectivity index is 4.02. The number of aliphatic hydroxyl groups is 1. The van der Waals surface area contributed by atoms with Crippen molar-refractivity contribution in [2.24, 2.45) is 0 Å². The Morgan fingerprint density at radius 3 is 1.15 bits per heavy atom. The molecule has 0 aromatic rings. The predicted octanol–water partition coefficient (Wildman–Crippen LogP) is 9.74. The minimum absolute atomic E-state index is 0.00726. The zero-order valence-electron chi connectivity index (χ0n) is 27.3. The topological polar surface area (TPSA) is 54.4 Å². The molecular formula is C35H70NO3+. The highest BCUT2D eigenvalue weighted by atomic mass is 16.3. The first-order valence-corrected chi connectivity index (χ1v) is 17.3. The molecule has 1 N–H and O–H groups in total. The molecule has 0 saturated heterocycles. The summed E-state index contributed by atoms with van der Waals surface area (Å²) in [5.74, 6) is -0.262. The Bertz CT molecular complexity index is 569. The molecule has 0 fully saturated rings. The lowest BCUT2D eigenvalue weighted by Gasteiger charge is -2.33. The molecule has 39 heavy (non-hydrogen) atoms. The molecule has 232 valence electrons. The third-order valence-electron chi connectivity index (χ3n) is 8.29. The van der Waals surface area contributed by atoms with E-state index in [1.165, 1.54) is 128 Å². The van der Waals surface area contributed by atoms with Gasteiger partial charge < -0.3 is 9.59 Å². The first-order chi connectivity index (χ1) is 18.8. The third-order valence-corrected chi connectivity index (χ3v) is 8.29. The number of unbranched alkanes of at least 4 members (excludes halogenated alkanes) is 22. The smallest absolute Gasteiger partial charge is 0.226 e. The van der Waals surface area contributed by atoms with Crippen molar-refractivity contribution in [3.05, 3.63) is 0 Å². The van der Waals surface area contributed by atoms with Crippen LogP contribution in [0.1, 0.15) is 181 Å². The highest BCUT2D eigenvalue weighted by molar-refractivity contribution is 6.06. The minimum atomic E-state index is -1.01. The number of carbonyl (C=O) groups is 2. The van der Waals surface area contributed by atoms with Crippen LogP contribution in [0, 0.1) is 0 Å². The van der Waals surface area contributed by atoms with Crippen LogP contribution >= 0.6 is 0 Å². The Hall–Kier alpha value is -0.740. The van der Waals surface area contributed by atoms with Crippen molar-refractivity contribution >= 4 is 11.6 Å². The number of carbonyl (C=O) groups excluding carboxylic acids is 2. The van der Waals surface area contributed by atoms with E-state index in [9.17, 15) is 14.7 Å². The number of ketones is 2. The van der Waals surface area contributed by atoms with E-state index in [0.29, 0.717) is 12.8 Å². The Morgan fingerprint density at radius 1 is 0.513 bits per heavy atom. The molecule has 0 bridgehead atoms. The number of Topliss-reactive ketones (excluding diaryl/α,β-unsaturated/α-hetero) is 2. The van der Waals surface area contributed by atoms with Crippen LogP contribution in [0.25, 0.3) is 0 Å². The Kier molecular flexibility index (Phi) is 25.7. The quantitative estimate of drug-likeness (QED) is 0.0548. The number of aliphatic hydroxyl groups excluding tert-OH is 1. The monoisotopic (exact) mass is 553 g/mol. The van der Waals surface area contributed by atoms with Gasteiger partial charge in [-0.25, -0.2) is 0 Å². The highest BCUT2D eigenvalue weighted by Crippen LogP contribution is 2.18. The zero-order chi connectivity index (χ0) is 29.2. The van der Waals surface area contributed by atoms with Gasteiger partial charge in [-0.05, 0) is 12.8 Å². The van der Waals surface area contributed by atoms with Crippen molar-refractivity contribution in [2.75, 3.05) is 21.1 Å². The van der Waals surface area contributed by atoms with Crippen LogP contribution in [0.15, 0.2) is 0 Å². The van der Waals surface area contributed by atoms with Crippen LogP contribution in [0.2, 0.25) is 0 Å². The van der Waals surface area contributed by atoms with E-state index >= 15 is 0 Å². The van der Waals surface area contributed by atoms with E-state index in [4.69, 9.17) is 0 Å². The van der Waals surface area contributed by atoms with Crippen molar-refractivity contribution in [3.63, 3.8) is 0 Å². The standard InChI is InChI=1S/C35H70NO3/c1-6-8-10-12-14-16-18-19-21-23-25-27-29-31-33(38)35(39)34(36(3,4)5)32(37)30-28-26-24-22-20-17-15-13-11-9-7-2/h33-34,38H,6-31H2,1-5H3/q+1. The van der Waals surface area contributed by atoms with E-state index in [2.05, 4.69) is 13.8 Å². The summed E-state index contributed by atoms with van der Waals surface area (Å²) in [6.45, 7) is 4.52. The van der Waals surface area contributed by atoms with Crippen LogP contribution in [-0.2, 0) is 9.59 Å². The summed E-state index contributed by atoms with van der Waals surface area (Å²) in [5.41, 5.74) is 0. The van der Waals surface area contributed by atoms with Gasteiger partial charge in [0.05, 0.1) is 21.1 Å². The van der Waals surface area contributed by atoms with E-state index in [0.717, 1.165) is 25.7 Å². The molecular weight excluding hydrogens is 482 g/mol. The lowest BCUT2D eigenvalue weighted by atomic mass is 9.94.